The normalized spacial score (nSPS) is 10.5. The van der Waals surface area contributed by atoms with Crippen molar-refractivity contribution in [2.45, 2.75) is 0 Å². The second-order valence-corrected chi connectivity index (χ2v) is 6.92. The summed E-state index contributed by atoms with van der Waals surface area (Å²) in [4.78, 5) is 17.3. The number of amides is 1. The Hall–Kier alpha value is -3.91. The maximum Gasteiger partial charge on any atom is 0.264 e. The average Bonchev–Trinajstić information content (AvgIpc) is 3.23. The molecule has 156 valence electrons. The SMILES string of the molecule is COc1cccc(OC)c1C(=O)NC(=S)Nc1cccc(-c2nc3ccccc3o2)c1. The zero-order chi connectivity index (χ0) is 21.8. The molecule has 2 N–H and O–H groups in total. The largest absolute Gasteiger partial charge is 0.496 e. The van der Waals surface area contributed by atoms with Gasteiger partial charge in [-0.2, -0.15) is 0 Å². The van der Waals surface area contributed by atoms with E-state index in [9.17, 15) is 4.79 Å². The van der Waals surface area contributed by atoms with Crippen LogP contribution < -0.4 is 20.1 Å². The maximum absolute atomic E-state index is 12.8. The fraction of sp³-hybridized carbons (Fsp3) is 0.0870. The van der Waals surface area contributed by atoms with Gasteiger partial charge in [-0.3, -0.25) is 10.1 Å². The number of thiocarbonyl (C=S) groups is 1. The highest BCUT2D eigenvalue weighted by atomic mass is 32.1. The molecule has 3 aromatic carbocycles. The molecule has 7 nitrogen and oxygen atoms in total. The molecule has 1 aromatic heterocycles. The summed E-state index contributed by atoms with van der Waals surface area (Å²) in [7, 11) is 2.97. The topological polar surface area (TPSA) is 85.6 Å². The minimum Gasteiger partial charge on any atom is -0.496 e. The van der Waals surface area contributed by atoms with Crippen molar-refractivity contribution in [2.75, 3.05) is 19.5 Å². The van der Waals surface area contributed by atoms with Crippen LogP contribution in [0.1, 0.15) is 10.4 Å². The summed E-state index contributed by atoms with van der Waals surface area (Å²) in [6, 6.07) is 20.1. The number of aromatic nitrogens is 1. The van der Waals surface area contributed by atoms with Gasteiger partial charge in [0.2, 0.25) is 5.89 Å². The third-order valence-electron chi connectivity index (χ3n) is 4.54. The van der Waals surface area contributed by atoms with Crippen LogP contribution in [0.2, 0.25) is 0 Å². The second kappa shape index (κ2) is 8.85. The predicted molar refractivity (Wildman–Crippen MR) is 123 cm³/mol. The Kier molecular flexibility index (Phi) is 5.81. The number of nitrogens with one attached hydrogen (secondary N) is 2. The average molecular weight is 433 g/mol. The van der Waals surface area contributed by atoms with Crippen molar-refractivity contribution in [2.24, 2.45) is 0 Å². The monoisotopic (exact) mass is 433 g/mol. The minimum atomic E-state index is -0.443. The highest BCUT2D eigenvalue weighted by molar-refractivity contribution is 7.80. The van der Waals surface area contributed by atoms with Gasteiger partial charge in [-0.05, 0) is 54.7 Å². The number of hydrogen-bond donors (Lipinski definition) is 2. The van der Waals surface area contributed by atoms with Gasteiger partial charge in [-0.15, -0.1) is 0 Å². The minimum absolute atomic E-state index is 0.132. The lowest BCUT2D eigenvalue weighted by Crippen LogP contribution is -2.34. The lowest BCUT2D eigenvalue weighted by molar-refractivity contribution is 0.0971. The first kappa shape index (κ1) is 20.4. The number of anilines is 1. The molecule has 0 aliphatic carbocycles. The summed E-state index contributed by atoms with van der Waals surface area (Å²) < 4.78 is 16.4. The van der Waals surface area contributed by atoms with Crippen LogP contribution in [0.15, 0.2) is 71.1 Å². The third-order valence-corrected chi connectivity index (χ3v) is 4.75. The molecule has 31 heavy (non-hydrogen) atoms. The van der Waals surface area contributed by atoms with Gasteiger partial charge in [0.25, 0.3) is 5.91 Å². The van der Waals surface area contributed by atoms with E-state index in [1.165, 1.54) is 14.2 Å². The van der Waals surface area contributed by atoms with Crippen molar-refractivity contribution < 1.29 is 18.7 Å². The first-order valence-corrected chi connectivity index (χ1v) is 9.79. The van der Waals surface area contributed by atoms with Crippen molar-refractivity contribution in [1.29, 1.82) is 0 Å². The summed E-state index contributed by atoms with van der Waals surface area (Å²) in [5.41, 5.74) is 3.21. The number of ether oxygens (including phenoxy) is 2. The third kappa shape index (κ3) is 4.34. The number of hydrogen-bond acceptors (Lipinski definition) is 6. The van der Waals surface area contributed by atoms with E-state index in [-0.39, 0.29) is 10.7 Å². The smallest absolute Gasteiger partial charge is 0.264 e. The molecule has 0 bridgehead atoms. The molecule has 0 spiro atoms. The highest BCUT2D eigenvalue weighted by Gasteiger charge is 2.19. The number of fused-ring (bicyclic) bond motifs is 1. The Morgan fingerprint density at radius 3 is 2.39 bits per heavy atom. The van der Waals surface area contributed by atoms with Gasteiger partial charge < -0.3 is 19.2 Å². The first-order chi connectivity index (χ1) is 15.1. The van der Waals surface area contributed by atoms with Gasteiger partial charge in [0.05, 0.1) is 14.2 Å². The van der Waals surface area contributed by atoms with Crippen LogP contribution in [0.25, 0.3) is 22.6 Å². The van der Waals surface area contributed by atoms with Crippen LogP contribution >= 0.6 is 12.2 Å². The van der Waals surface area contributed by atoms with Crippen LogP contribution in [0.5, 0.6) is 11.5 Å². The van der Waals surface area contributed by atoms with Gasteiger partial charge in [0, 0.05) is 11.3 Å². The lowest BCUT2D eigenvalue weighted by atomic mass is 10.1. The standard InChI is InChI=1S/C23H19N3O4S/c1-28-18-11-6-12-19(29-2)20(18)21(27)26-23(31)24-15-8-5-7-14(13-15)22-25-16-9-3-4-10-17(16)30-22/h3-13H,1-2H3,(H2,24,26,27,31). The molecule has 0 aliphatic heterocycles. The molecular weight excluding hydrogens is 414 g/mol. The summed E-state index contributed by atoms with van der Waals surface area (Å²) in [6.45, 7) is 0. The maximum atomic E-state index is 12.8. The van der Waals surface area contributed by atoms with Crippen molar-refractivity contribution in [3.8, 4) is 23.0 Å². The number of benzene rings is 3. The molecule has 0 saturated carbocycles. The number of rotatable bonds is 5. The van der Waals surface area contributed by atoms with Crippen LogP contribution in [-0.4, -0.2) is 30.2 Å². The first-order valence-electron chi connectivity index (χ1n) is 9.38. The van der Waals surface area contributed by atoms with Gasteiger partial charge >= 0.3 is 0 Å². The van der Waals surface area contributed by atoms with E-state index in [0.29, 0.717) is 28.7 Å². The van der Waals surface area contributed by atoms with Crippen molar-refractivity contribution >= 4 is 40.0 Å². The van der Waals surface area contributed by atoms with Crippen molar-refractivity contribution in [3.05, 3.63) is 72.3 Å². The van der Waals surface area contributed by atoms with E-state index in [2.05, 4.69) is 15.6 Å². The zero-order valence-electron chi connectivity index (χ0n) is 16.8. The molecule has 4 aromatic rings. The molecule has 0 fully saturated rings. The number of para-hydroxylation sites is 2. The van der Waals surface area contributed by atoms with Gasteiger partial charge in [-0.1, -0.05) is 24.3 Å². The molecule has 4 rings (SSSR count). The van der Waals surface area contributed by atoms with E-state index in [0.717, 1.165) is 11.1 Å². The summed E-state index contributed by atoms with van der Waals surface area (Å²) in [6.07, 6.45) is 0. The van der Waals surface area contributed by atoms with Crippen LogP contribution in [0, 0.1) is 0 Å². The number of nitrogens with zero attached hydrogens (tertiary/aromatic N) is 1. The molecule has 1 heterocycles. The lowest BCUT2D eigenvalue weighted by Gasteiger charge is -2.14. The number of carbonyl (C=O) groups excluding carboxylic acids is 1. The molecule has 0 radical (unpaired) electrons. The number of carbonyl (C=O) groups is 1. The fourth-order valence-corrected chi connectivity index (χ4v) is 3.34. The van der Waals surface area contributed by atoms with E-state index in [4.69, 9.17) is 26.1 Å². The Labute approximate surface area is 184 Å². The quantitative estimate of drug-likeness (QED) is 0.444. The van der Waals surface area contributed by atoms with E-state index < -0.39 is 5.91 Å². The summed E-state index contributed by atoms with van der Waals surface area (Å²) >= 11 is 5.32. The van der Waals surface area contributed by atoms with Crippen molar-refractivity contribution in [1.82, 2.24) is 10.3 Å². The molecule has 8 heteroatoms. The van der Waals surface area contributed by atoms with E-state index in [1.54, 1.807) is 18.2 Å². The molecule has 0 atom stereocenters. The molecule has 0 saturated heterocycles. The zero-order valence-corrected chi connectivity index (χ0v) is 17.7. The molecular formula is C23H19N3O4S. The summed E-state index contributed by atoms with van der Waals surface area (Å²) in [5, 5.41) is 5.80. The predicted octanol–water partition coefficient (Wildman–Crippen LogP) is 4.64. The van der Waals surface area contributed by atoms with Crippen LogP contribution in [-0.2, 0) is 0 Å². The van der Waals surface area contributed by atoms with Gasteiger partial charge in [-0.25, -0.2) is 4.98 Å². The molecule has 1 amide bonds. The Morgan fingerprint density at radius 1 is 0.968 bits per heavy atom. The van der Waals surface area contributed by atoms with Gasteiger partial charge in [0.1, 0.15) is 22.6 Å². The van der Waals surface area contributed by atoms with Crippen LogP contribution in [0.3, 0.4) is 0 Å². The summed E-state index contributed by atoms with van der Waals surface area (Å²) in [5.74, 6) is 0.829. The van der Waals surface area contributed by atoms with Crippen molar-refractivity contribution in [3.63, 3.8) is 0 Å². The second-order valence-electron chi connectivity index (χ2n) is 6.51. The highest BCUT2D eigenvalue weighted by Crippen LogP contribution is 2.28. The Bertz CT molecular complexity index is 1210. The van der Waals surface area contributed by atoms with E-state index in [1.807, 2.05) is 48.5 Å². The van der Waals surface area contributed by atoms with Gasteiger partial charge in [0.15, 0.2) is 10.7 Å². The van der Waals surface area contributed by atoms with Crippen LogP contribution in [0.4, 0.5) is 5.69 Å². The Morgan fingerprint density at radius 2 is 1.68 bits per heavy atom. The fourth-order valence-electron chi connectivity index (χ4n) is 3.13. The molecule has 0 aliphatic rings. The Balaban J connectivity index is 1.51. The number of oxazole rings is 1. The van der Waals surface area contributed by atoms with E-state index >= 15 is 0 Å². The number of methoxy groups -OCH3 is 2. The molecule has 0 unspecified atom stereocenters.